The highest BCUT2D eigenvalue weighted by Gasteiger charge is 2.39. The molecule has 1 aliphatic carbocycles. The summed E-state index contributed by atoms with van der Waals surface area (Å²) >= 11 is 0. The fourth-order valence-corrected chi connectivity index (χ4v) is 6.74. The van der Waals surface area contributed by atoms with Crippen molar-refractivity contribution < 1.29 is 17.9 Å². The van der Waals surface area contributed by atoms with Crippen molar-refractivity contribution in [3.05, 3.63) is 89.5 Å². The van der Waals surface area contributed by atoms with Crippen LogP contribution in [-0.4, -0.2) is 38.4 Å². The predicted octanol–water partition coefficient (Wildman–Crippen LogP) is 4.70. The highest BCUT2D eigenvalue weighted by atomic mass is 32.2. The first kappa shape index (κ1) is 24.0. The molecule has 3 aromatic carbocycles. The van der Waals surface area contributed by atoms with Crippen LogP contribution in [0.1, 0.15) is 36.0 Å². The number of hydrogen-bond donors (Lipinski definition) is 2. The molecule has 7 heteroatoms. The number of aliphatic hydroxyl groups excluding tert-OH is 1. The molecule has 0 radical (unpaired) electrons. The summed E-state index contributed by atoms with van der Waals surface area (Å²) in [5, 5.41) is 11.5. The largest absolute Gasteiger partial charge is 0.389 e. The van der Waals surface area contributed by atoms with Crippen molar-refractivity contribution in [1.29, 1.82) is 0 Å². The number of aryl methyl sites for hydroxylation is 3. The molecule has 1 aliphatic heterocycles. The second kappa shape index (κ2) is 10.1. The Morgan fingerprint density at radius 2 is 1.49 bits per heavy atom. The van der Waals surface area contributed by atoms with E-state index in [2.05, 4.69) is 33.9 Å². The number of benzene rings is 3. The molecule has 0 unspecified atom stereocenters. The third kappa shape index (κ3) is 4.85. The Morgan fingerprint density at radius 1 is 0.886 bits per heavy atom. The standard InChI is InChI=1S/C28H31FN2O3S/c29-19-18-20-12-16-23(17-13-20)35(33,34)30-24-8-5-11-27(28(24)32)31-25-9-3-1-6-21(25)14-15-22-7-2-4-10-26(22)31/h1-4,6-7,9-10,12-13,16-17,24,27-28,30,32H,5,8,11,14-15,18-19H2/t24-,27+,28+/m0/s1. The first-order chi connectivity index (χ1) is 17.0. The Labute approximate surface area is 206 Å². The fraction of sp³-hybridized carbons (Fsp3) is 0.357. The lowest BCUT2D eigenvalue weighted by atomic mass is 9.86. The molecule has 184 valence electrons. The van der Waals surface area contributed by atoms with E-state index in [1.54, 1.807) is 12.1 Å². The molecule has 1 heterocycles. The van der Waals surface area contributed by atoms with Crippen LogP contribution in [0, 0.1) is 0 Å². The van der Waals surface area contributed by atoms with Crippen LogP contribution in [0.5, 0.6) is 0 Å². The zero-order chi connectivity index (χ0) is 24.4. The molecule has 1 saturated carbocycles. The van der Waals surface area contributed by atoms with E-state index in [0.717, 1.165) is 42.6 Å². The van der Waals surface area contributed by atoms with Crippen molar-refractivity contribution in [2.45, 2.75) is 61.6 Å². The number of rotatable bonds is 6. The first-order valence-corrected chi connectivity index (χ1v) is 13.8. The van der Waals surface area contributed by atoms with Gasteiger partial charge in [-0.25, -0.2) is 13.1 Å². The minimum absolute atomic E-state index is 0.125. The average molecular weight is 495 g/mol. The van der Waals surface area contributed by atoms with Crippen LogP contribution in [-0.2, 0) is 29.3 Å². The quantitative estimate of drug-likeness (QED) is 0.521. The summed E-state index contributed by atoms with van der Waals surface area (Å²) in [6.07, 6.45) is 3.33. The third-order valence-electron chi connectivity index (χ3n) is 7.24. The van der Waals surface area contributed by atoms with E-state index >= 15 is 0 Å². The number of anilines is 2. The maximum absolute atomic E-state index is 13.1. The van der Waals surface area contributed by atoms with Crippen molar-refractivity contribution in [2.24, 2.45) is 0 Å². The summed E-state index contributed by atoms with van der Waals surface area (Å²) in [6, 6.07) is 22.0. The topological polar surface area (TPSA) is 69.6 Å². The van der Waals surface area contributed by atoms with Crippen LogP contribution in [0.25, 0.3) is 0 Å². The van der Waals surface area contributed by atoms with Gasteiger partial charge in [-0.2, -0.15) is 0 Å². The zero-order valence-electron chi connectivity index (χ0n) is 19.6. The Morgan fingerprint density at radius 3 is 2.09 bits per heavy atom. The molecule has 0 aromatic heterocycles. The van der Waals surface area contributed by atoms with Crippen molar-refractivity contribution in [3.63, 3.8) is 0 Å². The van der Waals surface area contributed by atoms with Gasteiger partial charge in [0.2, 0.25) is 10.0 Å². The summed E-state index contributed by atoms with van der Waals surface area (Å²) < 4.78 is 41.7. The van der Waals surface area contributed by atoms with E-state index < -0.39 is 28.8 Å². The van der Waals surface area contributed by atoms with Gasteiger partial charge in [0.1, 0.15) is 0 Å². The van der Waals surface area contributed by atoms with Gasteiger partial charge in [-0.3, -0.25) is 4.39 Å². The van der Waals surface area contributed by atoms with E-state index in [-0.39, 0.29) is 17.4 Å². The predicted molar refractivity (Wildman–Crippen MR) is 136 cm³/mol. The molecule has 35 heavy (non-hydrogen) atoms. The summed E-state index contributed by atoms with van der Waals surface area (Å²) in [6.45, 7) is -0.483. The number of alkyl halides is 1. The highest BCUT2D eigenvalue weighted by molar-refractivity contribution is 7.89. The highest BCUT2D eigenvalue weighted by Crippen LogP contribution is 2.41. The molecular formula is C28H31FN2O3S. The molecule has 5 rings (SSSR count). The molecule has 5 nitrogen and oxygen atoms in total. The van der Waals surface area contributed by atoms with Crippen LogP contribution in [0.3, 0.4) is 0 Å². The molecule has 0 bridgehead atoms. The molecule has 0 spiro atoms. The Hall–Kier alpha value is -2.74. The van der Waals surface area contributed by atoms with Crippen molar-refractivity contribution in [1.82, 2.24) is 4.72 Å². The smallest absolute Gasteiger partial charge is 0.240 e. The number of nitrogens with one attached hydrogen (secondary N) is 1. The SMILES string of the molecule is O=S(=O)(N[C@H]1CCC[C@@H](N2c3ccccc3CCc3ccccc32)[C@@H]1O)c1ccc(CCF)cc1. The van der Waals surface area contributed by atoms with Crippen LogP contribution in [0.15, 0.2) is 77.7 Å². The van der Waals surface area contributed by atoms with Gasteiger partial charge in [0.25, 0.3) is 0 Å². The normalized spacial score (nSPS) is 22.2. The maximum atomic E-state index is 13.1. The Balaban J connectivity index is 1.44. The van der Waals surface area contributed by atoms with E-state index in [1.165, 1.54) is 23.3 Å². The van der Waals surface area contributed by atoms with Gasteiger partial charge in [0.15, 0.2) is 0 Å². The Kier molecular flexibility index (Phi) is 6.91. The van der Waals surface area contributed by atoms with Gasteiger partial charge >= 0.3 is 0 Å². The molecule has 3 atom stereocenters. The van der Waals surface area contributed by atoms with Crippen LogP contribution in [0.2, 0.25) is 0 Å². The van der Waals surface area contributed by atoms with Gasteiger partial charge in [0.05, 0.1) is 29.8 Å². The second-order valence-corrected chi connectivity index (χ2v) is 11.1. The molecule has 0 saturated heterocycles. The maximum Gasteiger partial charge on any atom is 0.240 e. The lowest BCUT2D eigenvalue weighted by Crippen LogP contribution is -2.55. The van der Waals surface area contributed by atoms with Gasteiger partial charge in [0, 0.05) is 17.8 Å². The number of halogens is 1. The van der Waals surface area contributed by atoms with Gasteiger partial charge in [-0.1, -0.05) is 48.5 Å². The van der Waals surface area contributed by atoms with E-state index in [0.29, 0.717) is 6.42 Å². The monoisotopic (exact) mass is 494 g/mol. The second-order valence-electron chi connectivity index (χ2n) is 9.43. The van der Waals surface area contributed by atoms with Gasteiger partial charge in [-0.15, -0.1) is 0 Å². The summed E-state index contributed by atoms with van der Waals surface area (Å²) in [7, 11) is -3.83. The van der Waals surface area contributed by atoms with Crippen molar-refractivity contribution >= 4 is 21.4 Å². The summed E-state index contributed by atoms with van der Waals surface area (Å²) in [5.74, 6) is 0. The number of para-hydroxylation sites is 2. The molecular weight excluding hydrogens is 463 g/mol. The number of aliphatic hydroxyl groups is 1. The fourth-order valence-electron chi connectivity index (χ4n) is 5.45. The number of hydrogen-bond acceptors (Lipinski definition) is 4. The van der Waals surface area contributed by atoms with Crippen LogP contribution in [0.4, 0.5) is 15.8 Å². The third-order valence-corrected chi connectivity index (χ3v) is 8.75. The lowest BCUT2D eigenvalue weighted by Gasteiger charge is -2.43. The summed E-state index contributed by atoms with van der Waals surface area (Å²) in [4.78, 5) is 2.36. The van der Waals surface area contributed by atoms with E-state index in [9.17, 15) is 17.9 Å². The number of sulfonamides is 1. The van der Waals surface area contributed by atoms with E-state index in [1.807, 2.05) is 24.3 Å². The van der Waals surface area contributed by atoms with Crippen molar-refractivity contribution in [2.75, 3.05) is 11.6 Å². The molecule has 0 amide bonds. The molecule has 2 aliphatic rings. The average Bonchev–Trinajstić information content (AvgIpc) is 3.03. The summed E-state index contributed by atoms with van der Waals surface area (Å²) in [5.41, 5.74) is 5.36. The zero-order valence-corrected chi connectivity index (χ0v) is 20.4. The lowest BCUT2D eigenvalue weighted by molar-refractivity contribution is 0.0812. The van der Waals surface area contributed by atoms with Gasteiger partial charge in [-0.05, 0) is 73.1 Å². The molecule has 1 fully saturated rings. The minimum atomic E-state index is -3.83. The van der Waals surface area contributed by atoms with Gasteiger partial charge < -0.3 is 10.0 Å². The number of fused-ring (bicyclic) bond motifs is 2. The molecule has 2 N–H and O–H groups in total. The van der Waals surface area contributed by atoms with Crippen LogP contribution < -0.4 is 9.62 Å². The number of nitrogens with zero attached hydrogens (tertiary/aromatic N) is 1. The molecule has 3 aromatic rings. The van der Waals surface area contributed by atoms with Crippen molar-refractivity contribution in [3.8, 4) is 0 Å². The van der Waals surface area contributed by atoms with E-state index in [4.69, 9.17) is 0 Å². The first-order valence-electron chi connectivity index (χ1n) is 12.3. The minimum Gasteiger partial charge on any atom is -0.389 e. The van der Waals surface area contributed by atoms with Crippen LogP contribution >= 0.6 is 0 Å². The Bertz CT molecular complexity index is 1230.